The SMILES string of the molecule is CC1CC(C(=O)O)CN(Cc2ccccc2OC(F)(F)F)C1. The number of hydrogen-bond acceptors (Lipinski definition) is 3. The number of carboxylic acids is 1. The average Bonchev–Trinajstić information content (AvgIpc) is 2.38. The number of aliphatic carboxylic acids is 1. The van der Waals surface area contributed by atoms with E-state index in [2.05, 4.69) is 4.74 Å². The smallest absolute Gasteiger partial charge is 0.481 e. The first kappa shape index (κ1) is 16.6. The van der Waals surface area contributed by atoms with Gasteiger partial charge >= 0.3 is 12.3 Å². The van der Waals surface area contributed by atoms with Crippen LogP contribution in [-0.2, 0) is 11.3 Å². The molecule has 2 atom stereocenters. The van der Waals surface area contributed by atoms with Crippen LogP contribution in [0, 0.1) is 11.8 Å². The van der Waals surface area contributed by atoms with Crippen molar-refractivity contribution in [3.63, 3.8) is 0 Å². The number of ether oxygens (including phenoxy) is 1. The Kier molecular flexibility index (Phi) is 4.95. The van der Waals surface area contributed by atoms with Crippen molar-refractivity contribution in [2.45, 2.75) is 26.3 Å². The second kappa shape index (κ2) is 6.56. The number of para-hydroxylation sites is 1. The standard InChI is InChI=1S/C15H18F3NO3/c1-10-6-12(14(20)21)9-19(7-10)8-11-4-2-3-5-13(11)22-15(16,17)18/h2-5,10,12H,6-9H2,1H3,(H,20,21). The molecule has 1 N–H and O–H groups in total. The van der Waals surface area contributed by atoms with Gasteiger partial charge in [0.25, 0.3) is 0 Å². The summed E-state index contributed by atoms with van der Waals surface area (Å²) >= 11 is 0. The molecule has 1 fully saturated rings. The summed E-state index contributed by atoms with van der Waals surface area (Å²) in [5, 5.41) is 9.15. The summed E-state index contributed by atoms with van der Waals surface area (Å²) in [6.07, 6.45) is -4.15. The van der Waals surface area contributed by atoms with E-state index in [0.717, 1.165) is 0 Å². The lowest BCUT2D eigenvalue weighted by Gasteiger charge is -2.34. The highest BCUT2D eigenvalue weighted by molar-refractivity contribution is 5.70. The van der Waals surface area contributed by atoms with Crippen LogP contribution >= 0.6 is 0 Å². The van der Waals surface area contributed by atoms with Gasteiger partial charge in [0, 0.05) is 25.2 Å². The molecule has 122 valence electrons. The van der Waals surface area contributed by atoms with Crippen molar-refractivity contribution in [3.8, 4) is 5.75 Å². The molecule has 1 heterocycles. The number of nitrogens with zero attached hydrogens (tertiary/aromatic N) is 1. The van der Waals surface area contributed by atoms with Gasteiger partial charge in [0.05, 0.1) is 5.92 Å². The van der Waals surface area contributed by atoms with Crippen LogP contribution in [0.5, 0.6) is 5.75 Å². The zero-order valence-corrected chi connectivity index (χ0v) is 12.1. The number of carbonyl (C=O) groups is 1. The quantitative estimate of drug-likeness (QED) is 0.927. The molecule has 0 aromatic heterocycles. The fourth-order valence-corrected chi connectivity index (χ4v) is 2.87. The number of rotatable bonds is 4. The number of halogens is 3. The summed E-state index contributed by atoms with van der Waals surface area (Å²) in [4.78, 5) is 13.0. The first-order valence-corrected chi connectivity index (χ1v) is 7.03. The van der Waals surface area contributed by atoms with Gasteiger partial charge < -0.3 is 9.84 Å². The van der Waals surface area contributed by atoms with Gasteiger partial charge in [0.15, 0.2) is 0 Å². The largest absolute Gasteiger partial charge is 0.573 e. The minimum atomic E-state index is -4.74. The first-order chi connectivity index (χ1) is 10.2. The number of carboxylic acid groups (broad SMARTS) is 1. The first-order valence-electron chi connectivity index (χ1n) is 7.03. The van der Waals surface area contributed by atoms with Gasteiger partial charge in [-0.15, -0.1) is 13.2 Å². The summed E-state index contributed by atoms with van der Waals surface area (Å²) in [7, 11) is 0. The zero-order chi connectivity index (χ0) is 16.3. The molecular formula is C15H18F3NO3. The van der Waals surface area contributed by atoms with Crippen molar-refractivity contribution >= 4 is 5.97 Å². The van der Waals surface area contributed by atoms with Gasteiger partial charge in [0.1, 0.15) is 5.75 Å². The van der Waals surface area contributed by atoms with E-state index in [1.54, 1.807) is 12.1 Å². The molecule has 0 bridgehead atoms. The van der Waals surface area contributed by atoms with Crippen LogP contribution in [0.3, 0.4) is 0 Å². The van der Waals surface area contributed by atoms with Gasteiger partial charge in [-0.1, -0.05) is 25.1 Å². The van der Waals surface area contributed by atoms with E-state index in [1.807, 2.05) is 11.8 Å². The summed E-state index contributed by atoms with van der Waals surface area (Å²) < 4.78 is 41.3. The van der Waals surface area contributed by atoms with E-state index in [0.29, 0.717) is 25.1 Å². The van der Waals surface area contributed by atoms with Crippen LogP contribution in [-0.4, -0.2) is 35.4 Å². The molecule has 2 unspecified atom stereocenters. The maximum atomic E-state index is 12.4. The third-order valence-corrected chi connectivity index (χ3v) is 3.68. The highest BCUT2D eigenvalue weighted by atomic mass is 19.4. The number of benzene rings is 1. The molecule has 0 amide bonds. The monoisotopic (exact) mass is 317 g/mol. The highest BCUT2D eigenvalue weighted by Crippen LogP contribution is 2.29. The molecule has 4 nitrogen and oxygen atoms in total. The van der Waals surface area contributed by atoms with Gasteiger partial charge in [-0.2, -0.15) is 0 Å². The van der Waals surface area contributed by atoms with Crippen LogP contribution in [0.1, 0.15) is 18.9 Å². The molecular weight excluding hydrogens is 299 g/mol. The Balaban J connectivity index is 2.11. The third-order valence-electron chi connectivity index (χ3n) is 3.68. The molecule has 1 aromatic rings. The number of hydrogen-bond donors (Lipinski definition) is 1. The van der Waals surface area contributed by atoms with Gasteiger partial charge in [-0.25, -0.2) is 0 Å². The average molecular weight is 317 g/mol. The van der Waals surface area contributed by atoms with E-state index in [9.17, 15) is 18.0 Å². The summed E-state index contributed by atoms with van der Waals surface area (Å²) in [5.74, 6) is -1.40. The van der Waals surface area contributed by atoms with Crippen molar-refractivity contribution in [1.82, 2.24) is 4.90 Å². The molecule has 0 spiro atoms. The van der Waals surface area contributed by atoms with Crippen LogP contribution in [0.4, 0.5) is 13.2 Å². The molecule has 2 rings (SSSR count). The van der Waals surface area contributed by atoms with Crippen molar-refractivity contribution in [3.05, 3.63) is 29.8 Å². The van der Waals surface area contributed by atoms with Crippen LogP contribution in [0.25, 0.3) is 0 Å². The summed E-state index contributed by atoms with van der Waals surface area (Å²) in [6.45, 7) is 3.17. The third kappa shape index (κ3) is 4.62. The molecule has 1 aliphatic heterocycles. The number of alkyl halides is 3. The van der Waals surface area contributed by atoms with E-state index in [-0.39, 0.29) is 18.2 Å². The van der Waals surface area contributed by atoms with Crippen molar-refractivity contribution in [2.24, 2.45) is 11.8 Å². The van der Waals surface area contributed by atoms with Crippen molar-refractivity contribution in [2.75, 3.05) is 13.1 Å². The Morgan fingerprint density at radius 2 is 2.05 bits per heavy atom. The predicted molar refractivity (Wildman–Crippen MR) is 73.3 cm³/mol. The molecule has 22 heavy (non-hydrogen) atoms. The fraction of sp³-hybridized carbons (Fsp3) is 0.533. The molecule has 1 aliphatic rings. The lowest BCUT2D eigenvalue weighted by molar-refractivity contribution is -0.275. The van der Waals surface area contributed by atoms with Crippen molar-refractivity contribution in [1.29, 1.82) is 0 Å². The molecule has 0 aliphatic carbocycles. The summed E-state index contributed by atoms with van der Waals surface area (Å²) in [6, 6.07) is 5.95. The minimum absolute atomic E-state index is 0.186. The van der Waals surface area contributed by atoms with Gasteiger partial charge in [0.2, 0.25) is 0 Å². The Hall–Kier alpha value is -1.76. The van der Waals surface area contributed by atoms with Crippen molar-refractivity contribution < 1.29 is 27.8 Å². The van der Waals surface area contributed by atoms with Crippen LogP contribution < -0.4 is 4.74 Å². The minimum Gasteiger partial charge on any atom is -0.481 e. The van der Waals surface area contributed by atoms with Crippen LogP contribution in [0.15, 0.2) is 24.3 Å². The Morgan fingerprint density at radius 3 is 2.68 bits per heavy atom. The lowest BCUT2D eigenvalue weighted by Crippen LogP contribution is -2.42. The molecule has 0 radical (unpaired) electrons. The fourth-order valence-electron chi connectivity index (χ4n) is 2.87. The highest BCUT2D eigenvalue weighted by Gasteiger charge is 2.33. The number of likely N-dealkylation sites (tertiary alicyclic amines) is 1. The van der Waals surface area contributed by atoms with Crippen LogP contribution in [0.2, 0.25) is 0 Å². The zero-order valence-electron chi connectivity index (χ0n) is 12.1. The van der Waals surface area contributed by atoms with Gasteiger partial charge in [-0.05, 0) is 18.4 Å². The van der Waals surface area contributed by atoms with Gasteiger partial charge in [-0.3, -0.25) is 9.69 Å². The maximum absolute atomic E-state index is 12.4. The van der Waals surface area contributed by atoms with E-state index in [1.165, 1.54) is 12.1 Å². The van der Waals surface area contributed by atoms with E-state index >= 15 is 0 Å². The molecule has 1 aromatic carbocycles. The number of piperidine rings is 1. The Labute approximate surface area is 126 Å². The molecule has 7 heteroatoms. The normalized spacial score (nSPS) is 23.3. The second-order valence-corrected chi connectivity index (χ2v) is 5.73. The molecule has 0 saturated carbocycles. The maximum Gasteiger partial charge on any atom is 0.573 e. The predicted octanol–water partition coefficient (Wildman–Crippen LogP) is 3.13. The topological polar surface area (TPSA) is 49.8 Å². The Morgan fingerprint density at radius 1 is 1.36 bits per heavy atom. The Bertz CT molecular complexity index is 533. The molecule has 1 saturated heterocycles. The van der Waals surface area contributed by atoms with E-state index < -0.39 is 18.2 Å². The summed E-state index contributed by atoms with van der Waals surface area (Å²) in [5.41, 5.74) is 0.401. The second-order valence-electron chi connectivity index (χ2n) is 5.73. The van der Waals surface area contributed by atoms with E-state index in [4.69, 9.17) is 5.11 Å². The lowest BCUT2D eigenvalue weighted by atomic mass is 9.90.